The molecule has 2 heterocycles. The number of carbonyl (C=O) groups is 2. The number of nitrogens with zero attached hydrogens (tertiary/aromatic N) is 3. The van der Waals surface area contributed by atoms with E-state index in [1.54, 1.807) is 23.1 Å². The number of nitrogens with one attached hydrogen (secondary N) is 1. The number of piperazine rings is 1. The highest BCUT2D eigenvalue weighted by atomic mass is 19.1. The van der Waals surface area contributed by atoms with E-state index in [0.717, 1.165) is 12.0 Å². The van der Waals surface area contributed by atoms with Gasteiger partial charge in [0.1, 0.15) is 17.3 Å². The van der Waals surface area contributed by atoms with Crippen LogP contribution in [0.2, 0.25) is 0 Å². The van der Waals surface area contributed by atoms with E-state index in [1.807, 2.05) is 11.8 Å². The molecule has 8 nitrogen and oxygen atoms in total. The number of furan rings is 1. The van der Waals surface area contributed by atoms with Crippen LogP contribution in [0.5, 0.6) is 5.75 Å². The molecule has 1 aliphatic heterocycles. The van der Waals surface area contributed by atoms with Gasteiger partial charge in [-0.05, 0) is 56.2 Å². The molecule has 2 aliphatic rings. The molecule has 2 N–H and O–H groups in total. The number of hydrogen-bond donors (Lipinski definition) is 2. The van der Waals surface area contributed by atoms with Gasteiger partial charge < -0.3 is 19.3 Å². The SMILES string of the molecule is Cc1c(C(=O)N2CCN(c3ccccc3F)CC2)oc2c1/C(=N/NC(=O)c1ccc(O)cc1)CCC2. The van der Waals surface area contributed by atoms with Crippen molar-refractivity contribution in [3.8, 4) is 5.75 Å². The lowest BCUT2D eigenvalue weighted by atomic mass is 9.93. The number of phenols is 1. The quantitative estimate of drug-likeness (QED) is 0.541. The molecule has 1 saturated heterocycles. The Hall–Kier alpha value is -4.14. The monoisotopic (exact) mass is 490 g/mol. The Labute approximate surface area is 208 Å². The van der Waals surface area contributed by atoms with Gasteiger partial charge in [0.2, 0.25) is 0 Å². The third kappa shape index (κ3) is 4.56. The lowest BCUT2D eigenvalue weighted by Crippen LogP contribution is -2.49. The fraction of sp³-hybridized carbons (Fsp3) is 0.296. The zero-order valence-electron chi connectivity index (χ0n) is 20.0. The molecule has 3 aromatic rings. The van der Waals surface area contributed by atoms with Crippen LogP contribution in [0.3, 0.4) is 0 Å². The van der Waals surface area contributed by atoms with Gasteiger partial charge in [-0.3, -0.25) is 9.59 Å². The van der Waals surface area contributed by atoms with E-state index < -0.39 is 0 Å². The van der Waals surface area contributed by atoms with Crippen LogP contribution in [0.1, 0.15) is 50.6 Å². The number of halogens is 1. The number of benzene rings is 2. The van der Waals surface area contributed by atoms with Crippen molar-refractivity contribution < 1.29 is 23.5 Å². The number of rotatable bonds is 4. The van der Waals surface area contributed by atoms with Crippen molar-refractivity contribution in [3.63, 3.8) is 0 Å². The Morgan fingerprint density at radius 2 is 1.75 bits per heavy atom. The van der Waals surface area contributed by atoms with E-state index in [-0.39, 0.29) is 23.4 Å². The minimum absolute atomic E-state index is 0.0784. The number of hydrazone groups is 1. The molecule has 0 radical (unpaired) electrons. The van der Waals surface area contributed by atoms with E-state index >= 15 is 0 Å². The summed E-state index contributed by atoms with van der Waals surface area (Å²) in [5.41, 5.74) is 5.66. The molecule has 1 fully saturated rings. The molecule has 0 saturated carbocycles. The van der Waals surface area contributed by atoms with Crippen LogP contribution in [-0.4, -0.2) is 53.7 Å². The van der Waals surface area contributed by atoms with Crippen LogP contribution in [0.4, 0.5) is 10.1 Å². The number of anilines is 1. The minimum Gasteiger partial charge on any atom is -0.508 e. The maximum atomic E-state index is 14.2. The summed E-state index contributed by atoms with van der Waals surface area (Å²) in [6.07, 6.45) is 2.14. The molecule has 2 amide bonds. The van der Waals surface area contributed by atoms with Crippen molar-refractivity contribution in [1.82, 2.24) is 10.3 Å². The number of fused-ring (bicyclic) bond motifs is 1. The van der Waals surface area contributed by atoms with Crippen LogP contribution in [0.25, 0.3) is 0 Å². The van der Waals surface area contributed by atoms with Gasteiger partial charge in [0.05, 0.1) is 11.4 Å². The minimum atomic E-state index is -0.389. The van der Waals surface area contributed by atoms with Crippen LogP contribution < -0.4 is 10.3 Å². The molecule has 1 aliphatic carbocycles. The first-order valence-corrected chi connectivity index (χ1v) is 12.0. The van der Waals surface area contributed by atoms with Crippen LogP contribution >= 0.6 is 0 Å². The first-order chi connectivity index (χ1) is 17.4. The van der Waals surface area contributed by atoms with Gasteiger partial charge >= 0.3 is 0 Å². The standard InChI is InChI=1S/C27H27FN4O4/c1-17-24-21(29-30-26(34)18-9-11-19(33)12-10-18)6-4-8-23(24)36-25(17)27(35)32-15-13-31(14-16-32)22-7-3-2-5-20(22)28/h2-3,5,7,9-12,33H,4,6,8,13-16H2,1H3,(H,30,34)/b29-21+. The van der Waals surface area contributed by atoms with Crippen molar-refractivity contribution in [2.45, 2.75) is 26.2 Å². The molecule has 0 atom stereocenters. The normalized spacial score (nSPS) is 16.7. The summed E-state index contributed by atoms with van der Waals surface area (Å²) in [4.78, 5) is 29.5. The van der Waals surface area contributed by atoms with Gasteiger partial charge in [0.15, 0.2) is 5.76 Å². The molecule has 0 spiro atoms. The fourth-order valence-electron chi connectivity index (χ4n) is 4.78. The first-order valence-electron chi connectivity index (χ1n) is 12.0. The summed E-state index contributed by atoms with van der Waals surface area (Å²) >= 11 is 0. The van der Waals surface area contributed by atoms with Crippen LogP contribution in [0.15, 0.2) is 58.0 Å². The molecule has 0 bridgehead atoms. The zero-order chi connectivity index (χ0) is 25.2. The topological polar surface area (TPSA) is 98.4 Å². The second-order valence-corrected chi connectivity index (χ2v) is 8.98. The van der Waals surface area contributed by atoms with Crippen LogP contribution in [0, 0.1) is 12.7 Å². The highest BCUT2D eigenvalue weighted by Gasteiger charge is 2.32. The van der Waals surface area contributed by atoms with Gasteiger partial charge in [0, 0.05) is 49.3 Å². The third-order valence-electron chi connectivity index (χ3n) is 6.70. The van der Waals surface area contributed by atoms with Crippen molar-refractivity contribution in [3.05, 3.63) is 82.6 Å². The Kier molecular flexibility index (Phi) is 6.45. The molecular weight excluding hydrogens is 463 g/mol. The zero-order valence-corrected chi connectivity index (χ0v) is 20.0. The van der Waals surface area contributed by atoms with Gasteiger partial charge in [0.25, 0.3) is 11.8 Å². The molecule has 5 rings (SSSR count). The van der Waals surface area contributed by atoms with Crippen molar-refractivity contribution >= 4 is 23.2 Å². The molecule has 36 heavy (non-hydrogen) atoms. The summed E-state index contributed by atoms with van der Waals surface area (Å²) < 4.78 is 20.2. The molecule has 9 heteroatoms. The third-order valence-corrected chi connectivity index (χ3v) is 6.70. The van der Waals surface area contributed by atoms with Crippen molar-refractivity contribution in [2.24, 2.45) is 5.10 Å². The second-order valence-electron chi connectivity index (χ2n) is 8.98. The first kappa shape index (κ1) is 23.6. The van der Waals surface area contributed by atoms with Gasteiger partial charge in [-0.2, -0.15) is 5.10 Å². The summed E-state index contributed by atoms with van der Waals surface area (Å²) in [6, 6.07) is 12.6. The van der Waals surface area contributed by atoms with E-state index in [0.29, 0.717) is 73.1 Å². The Bertz CT molecular complexity index is 1320. The average Bonchev–Trinajstić information content (AvgIpc) is 3.24. The molecule has 186 valence electrons. The molecule has 0 unspecified atom stereocenters. The van der Waals surface area contributed by atoms with Crippen molar-refractivity contribution in [2.75, 3.05) is 31.1 Å². The summed E-state index contributed by atoms with van der Waals surface area (Å²) in [6.45, 7) is 3.82. The Morgan fingerprint density at radius 1 is 1.03 bits per heavy atom. The van der Waals surface area contributed by atoms with E-state index in [1.165, 1.54) is 30.3 Å². The maximum Gasteiger partial charge on any atom is 0.289 e. The predicted octanol–water partition coefficient (Wildman–Crippen LogP) is 3.87. The van der Waals surface area contributed by atoms with Gasteiger partial charge in [-0.25, -0.2) is 9.82 Å². The van der Waals surface area contributed by atoms with Gasteiger partial charge in [-0.15, -0.1) is 0 Å². The fourth-order valence-corrected chi connectivity index (χ4v) is 4.78. The van der Waals surface area contributed by atoms with Gasteiger partial charge in [-0.1, -0.05) is 12.1 Å². The van der Waals surface area contributed by atoms with E-state index in [9.17, 15) is 19.1 Å². The highest BCUT2D eigenvalue weighted by Crippen LogP contribution is 2.31. The average molecular weight is 491 g/mol. The van der Waals surface area contributed by atoms with E-state index in [4.69, 9.17) is 4.42 Å². The smallest absolute Gasteiger partial charge is 0.289 e. The van der Waals surface area contributed by atoms with E-state index in [2.05, 4.69) is 10.5 Å². The number of phenolic OH excluding ortho intramolecular Hbond substituents is 1. The Balaban J connectivity index is 1.30. The molecule has 2 aromatic carbocycles. The molecule has 1 aromatic heterocycles. The lowest BCUT2D eigenvalue weighted by molar-refractivity contribution is 0.0711. The number of para-hydroxylation sites is 1. The number of aryl methyl sites for hydroxylation is 1. The second kappa shape index (κ2) is 9.85. The lowest BCUT2D eigenvalue weighted by Gasteiger charge is -2.35. The number of amides is 2. The Morgan fingerprint density at radius 3 is 2.47 bits per heavy atom. The van der Waals surface area contributed by atoms with Crippen LogP contribution in [-0.2, 0) is 6.42 Å². The number of carbonyl (C=O) groups excluding carboxylic acids is 2. The highest BCUT2D eigenvalue weighted by molar-refractivity contribution is 6.07. The number of aromatic hydroxyl groups is 1. The van der Waals surface area contributed by atoms with Crippen molar-refractivity contribution in [1.29, 1.82) is 0 Å². The summed E-state index contributed by atoms with van der Waals surface area (Å²) in [5, 5.41) is 13.8. The maximum absolute atomic E-state index is 14.2. The summed E-state index contributed by atoms with van der Waals surface area (Å²) in [5.74, 6) is 0.219. The summed E-state index contributed by atoms with van der Waals surface area (Å²) in [7, 11) is 0. The predicted molar refractivity (Wildman–Crippen MR) is 133 cm³/mol. The molecular formula is C27H27FN4O4. The number of hydrogen-bond acceptors (Lipinski definition) is 6. The largest absolute Gasteiger partial charge is 0.508 e.